The van der Waals surface area contributed by atoms with Gasteiger partial charge in [0.05, 0.1) is 12.6 Å². The third-order valence-corrected chi connectivity index (χ3v) is 3.03. The molecule has 0 saturated heterocycles. The minimum atomic E-state index is 0.859. The van der Waals surface area contributed by atoms with Crippen molar-refractivity contribution < 1.29 is 4.74 Å². The SMILES string of the molecule is COc1ccnc2ccc(-c3ccccc3)cc12. The van der Waals surface area contributed by atoms with Gasteiger partial charge in [-0.05, 0) is 29.3 Å². The lowest BCUT2D eigenvalue weighted by Gasteiger charge is -2.07. The number of benzene rings is 2. The van der Waals surface area contributed by atoms with Crippen LogP contribution in [0.5, 0.6) is 5.75 Å². The predicted molar refractivity (Wildman–Crippen MR) is 73.7 cm³/mol. The highest BCUT2D eigenvalue weighted by atomic mass is 16.5. The number of rotatable bonds is 2. The molecule has 0 bridgehead atoms. The summed E-state index contributed by atoms with van der Waals surface area (Å²) in [5.74, 6) is 0.859. The summed E-state index contributed by atoms with van der Waals surface area (Å²) < 4.78 is 5.38. The van der Waals surface area contributed by atoms with Crippen LogP contribution in [-0.4, -0.2) is 12.1 Å². The zero-order valence-electron chi connectivity index (χ0n) is 10.1. The third kappa shape index (κ3) is 1.82. The van der Waals surface area contributed by atoms with E-state index in [2.05, 4.69) is 29.2 Å². The highest BCUT2D eigenvalue weighted by molar-refractivity contribution is 5.89. The first-order valence-electron chi connectivity index (χ1n) is 5.86. The Hall–Kier alpha value is -2.35. The number of pyridine rings is 1. The molecule has 1 aromatic heterocycles. The number of nitrogens with zero attached hydrogens (tertiary/aromatic N) is 1. The number of fused-ring (bicyclic) bond motifs is 1. The largest absolute Gasteiger partial charge is 0.496 e. The van der Waals surface area contributed by atoms with E-state index in [9.17, 15) is 0 Å². The minimum absolute atomic E-state index is 0.859. The maximum Gasteiger partial charge on any atom is 0.129 e. The number of ether oxygens (including phenoxy) is 1. The van der Waals surface area contributed by atoms with Crippen LogP contribution in [0.2, 0.25) is 0 Å². The van der Waals surface area contributed by atoms with Gasteiger partial charge in [-0.3, -0.25) is 4.98 Å². The monoisotopic (exact) mass is 235 g/mol. The van der Waals surface area contributed by atoms with Crippen molar-refractivity contribution in [3.63, 3.8) is 0 Å². The maximum atomic E-state index is 5.38. The van der Waals surface area contributed by atoms with Crippen molar-refractivity contribution >= 4 is 10.9 Å². The Labute approximate surface area is 106 Å². The van der Waals surface area contributed by atoms with Gasteiger partial charge in [-0.2, -0.15) is 0 Å². The highest BCUT2D eigenvalue weighted by Gasteiger charge is 2.04. The van der Waals surface area contributed by atoms with Crippen LogP contribution in [0.25, 0.3) is 22.0 Å². The van der Waals surface area contributed by atoms with Gasteiger partial charge in [0.25, 0.3) is 0 Å². The second-order valence-corrected chi connectivity index (χ2v) is 4.11. The van der Waals surface area contributed by atoms with E-state index in [-0.39, 0.29) is 0 Å². The fourth-order valence-electron chi connectivity index (χ4n) is 2.11. The van der Waals surface area contributed by atoms with Crippen molar-refractivity contribution in [2.75, 3.05) is 7.11 Å². The number of methoxy groups -OCH3 is 1. The summed E-state index contributed by atoms with van der Waals surface area (Å²) in [4.78, 5) is 4.34. The summed E-state index contributed by atoms with van der Waals surface area (Å²) in [6.45, 7) is 0. The van der Waals surface area contributed by atoms with Crippen molar-refractivity contribution in [1.29, 1.82) is 0 Å². The molecule has 3 aromatic rings. The quantitative estimate of drug-likeness (QED) is 0.671. The Kier molecular flexibility index (Phi) is 2.69. The van der Waals surface area contributed by atoms with E-state index in [1.807, 2.05) is 30.3 Å². The summed E-state index contributed by atoms with van der Waals surface area (Å²) in [5, 5.41) is 1.04. The second-order valence-electron chi connectivity index (χ2n) is 4.11. The Morgan fingerprint density at radius 2 is 1.72 bits per heavy atom. The van der Waals surface area contributed by atoms with Crippen molar-refractivity contribution in [2.24, 2.45) is 0 Å². The van der Waals surface area contributed by atoms with Crippen LogP contribution < -0.4 is 4.74 Å². The molecule has 88 valence electrons. The molecule has 3 rings (SSSR count). The molecular weight excluding hydrogens is 222 g/mol. The summed E-state index contributed by atoms with van der Waals surface area (Å²) in [6.07, 6.45) is 1.77. The van der Waals surface area contributed by atoms with Gasteiger partial charge >= 0.3 is 0 Å². The van der Waals surface area contributed by atoms with Crippen molar-refractivity contribution in [1.82, 2.24) is 4.98 Å². The minimum Gasteiger partial charge on any atom is -0.496 e. The lowest BCUT2D eigenvalue weighted by atomic mass is 10.0. The Balaban J connectivity index is 2.22. The molecule has 0 saturated carbocycles. The summed E-state index contributed by atoms with van der Waals surface area (Å²) in [7, 11) is 1.68. The average molecular weight is 235 g/mol. The van der Waals surface area contributed by atoms with Crippen LogP contribution in [0.3, 0.4) is 0 Å². The van der Waals surface area contributed by atoms with E-state index in [1.54, 1.807) is 13.3 Å². The predicted octanol–water partition coefficient (Wildman–Crippen LogP) is 3.91. The van der Waals surface area contributed by atoms with Gasteiger partial charge in [0.15, 0.2) is 0 Å². The molecule has 0 amide bonds. The van der Waals surface area contributed by atoms with E-state index in [0.29, 0.717) is 0 Å². The molecule has 0 atom stereocenters. The van der Waals surface area contributed by atoms with Gasteiger partial charge in [-0.15, -0.1) is 0 Å². The van der Waals surface area contributed by atoms with Gasteiger partial charge in [0.2, 0.25) is 0 Å². The molecule has 18 heavy (non-hydrogen) atoms. The molecule has 0 aliphatic heterocycles. The van der Waals surface area contributed by atoms with Crippen LogP contribution in [0.4, 0.5) is 0 Å². The molecule has 0 aliphatic carbocycles. The molecule has 2 aromatic carbocycles. The second kappa shape index (κ2) is 4.49. The molecule has 0 unspecified atom stereocenters. The fourth-order valence-corrected chi connectivity index (χ4v) is 2.11. The van der Waals surface area contributed by atoms with Crippen LogP contribution in [0.1, 0.15) is 0 Å². The molecule has 0 radical (unpaired) electrons. The van der Waals surface area contributed by atoms with Gasteiger partial charge in [-0.1, -0.05) is 36.4 Å². The first-order valence-corrected chi connectivity index (χ1v) is 5.86. The van der Waals surface area contributed by atoms with Gasteiger partial charge in [0, 0.05) is 11.6 Å². The molecule has 0 spiro atoms. The number of hydrogen-bond donors (Lipinski definition) is 0. The molecule has 0 aliphatic rings. The molecule has 2 nitrogen and oxygen atoms in total. The Bertz CT molecular complexity index is 677. The molecular formula is C16H13NO. The smallest absolute Gasteiger partial charge is 0.129 e. The van der Waals surface area contributed by atoms with E-state index >= 15 is 0 Å². The standard InChI is InChI=1S/C16H13NO/c1-18-16-9-10-17-15-8-7-13(11-14(15)16)12-5-3-2-4-6-12/h2-11H,1H3. The Morgan fingerprint density at radius 1 is 0.889 bits per heavy atom. The molecule has 0 fully saturated rings. The molecule has 0 N–H and O–H groups in total. The van der Waals surface area contributed by atoms with E-state index < -0.39 is 0 Å². The van der Waals surface area contributed by atoms with Crippen LogP contribution in [0.15, 0.2) is 60.8 Å². The normalized spacial score (nSPS) is 10.5. The lowest BCUT2D eigenvalue weighted by Crippen LogP contribution is -1.87. The Morgan fingerprint density at radius 3 is 2.50 bits per heavy atom. The highest BCUT2D eigenvalue weighted by Crippen LogP contribution is 2.28. The van der Waals surface area contributed by atoms with Crippen molar-refractivity contribution in [2.45, 2.75) is 0 Å². The summed E-state index contributed by atoms with van der Waals surface area (Å²) in [5.41, 5.74) is 3.33. The van der Waals surface area contributed by atoms with Gasteiger partial charge in [0.1, 0.15) is 5.75 Å². The number of aromatic nitrogens is 1. The van der Waals surface area contributed by atoms with Crippen LogP contribution in [-0.2, 0) is 0 Å². The zero-order valence-corrected chi connectivity index (χ0v) is 10.1. The van der Waals surface area contributed by atoms with Gasteiger partial charge in [-0.25, -0.2) is 0 Å². The zero-order chi connectivity index (χ0) is 12.4. The third-order valence-electron chi connectivity index (χ3n) is 3.03. The van der Waals surface area contributed by atoms with Gasteiger partial charge < -0.3 is 4.74 Å². The van der Waals surface area contributed by atoms with E-state index in [4.69, 9.17) is 4.74 Å². The van der Waals surface area contributed by atoms with Crippen LogP contribution in [0, 0.1) is 0 Å². The van der Waals surface area contributed by atoms with E-state index in [0.717, 1.165) is 16.7 Å². The lowest BCUT2D eigenvalue weighted by molar-refractivity contribution is 0.419. The summed E-state index contributed by atoms with van der Waals surface area (Å²) >= 11 is 0. The molecule has 2 heteroatoms. The van der Waals surface area contributed by atoms with Crippen molar-refractivity contribution in [3.05, 3.63) is 60.8 Å². The van der Waals surface area contributed by atoms with Crippen molar-refractivity contribution in [3.8, 4) is 16.9 Å². The fraction of sp³-hybridized carbons (Fsp3) is 0.0625. The average Bonchev–Trinajstić information content (AvgIpc) is 2.47. The van der Waals surface area contributed by atoms with E-state index in [1.165, 1.54) is 11.1 Å². The first kappa shape index (κ1) is 10.8. The molecule has 1 heterocycles. The topological polar surface area (TPSA) is 22.1 Å². The van der Waals surface area contributed by atoms with Crippen LogP contribution >= 0.6 is 0 Å². The first-order chi connectivity index (χ1) is 8.88. The summed E-state index contributed by atoms with van der Waals surface area (Å²) in [6, 6.07) is 18.4. The maximum absolute atomic E-state index is 5.38. The number of hydrogen-bond acceptors (Lipinski definition) is 2.